The Hall–Kier alpha value is -3.10. The number of aryl methyl sites for hydroxylation is 1. The van der Waals surface area contributed by atoms with Crippen LogP contribution in [0.5, 0.6) is 0 Å². The first-order valence-electron chi connectivity index (χ1n) is 11.6. The van der Waals surface area contributed by atoms with Crippen molar-refractivity contribution in [2.45, 2.75) is 18.5 Å². The molecule has 2 amide bonds. The summed E-state index contributed by atoms with van der Waals surface area (Å²) in [6, 6.07) is 18.0. The number of piperazine rings is 1. The maximum Gasteiger partial charge on any atom is 0.238 e. The number of rotatable bonds is 8. The molecule has 1 aliphatic heterocycles. The molecule has 0 unspecified atom stereocenters. The number of hydrogen-bond acceptors (Lipinski definition) is 5. The third-order valence-corrected chi connectivity index (χ3v) is 7.13. The van der Waals surface area contributed by atoms with Crippen LogP contribution in [0.3, 0.4) is 0 Å². The number of nitrogens with zero attached hydrogens (tertiary/aromatic N) is 4. The topological polar surface area (TPSA) is 70.5 Å². The number of thioether (sulfide) groups is 1. The summed E-state index contributed by atoms with van der Waals surface area (Å²) in [4.78, 5) is 33.8. The molecule has 1 saturated heterocycles. The van der Waals surface area contributed by atoms with Gasteiger partial charge in [-0.3, -0.25) is 14.5 Å². The highest BCUT2D eigenvalue weighted by Gasteiger charge is 2.23. The number of nitrogens with one attached hydrogen (secondary N) is 1. The zero-order valence-corrected chi connectivity index (χ0v) is 20.6. The second-order valence-corrected chi connectivity index (χ2v) is 9.30. The number of para-hydroxylation sites is 1. The molecule has 2 aromatic carbocycles. The van der Waals surface area contributed by atoms with E-state index >= 15 is 0 Å². The summed E-state index contributed by atoms with van der Waals surface area (Å²) in [5, 5.41) is 3.86. The van der Waals surface area contributed by atoms with Crippen LogP contribution in [0.1, 0.15) is 12.5 Å². The molecular weight excluding hydrogens is 446 g/mol. The van der Waals surface area contributed by atoms with Crippen LogP contribution in [0, 0.1) is 0 Å². The summed E-state index contributed by atoms with van der Waals surface area (Å²) in [6.45, 7) is 5.07. The van der Waals surface area contributed by atoms with E-state index in [-0.39, 0.29) is 11.8 Å². The lowest BCUT2D eigenvalue weighted by molar-refractivity contribution is -0.130. The number of hydrogen-bond donors (Lipinski definition) is 1. The first-order chi connectivity index (χ1) is 16.5. The third-order valence-electron chi connectivity index (χ3n) is 6.10. The van der Waals surface area contributed by atoms with Gasteiger partial charge in [-0.1, -0.05) is 67.2 Å². The summed E-state index contributed by atoms with van der Waals surface area (Å²) in [5.41, 5.74) is 4.15. The quantitative estimate of drug-likeness (QED) is 0.503. The number of amides is 2. The fraction of sp³-hybridized carbons (Fsp3) is 0.346. The molecule has 2 heterocycles. The van der Waals surface area contributed by atoms with E-state index in [1.165, 1.54) is 11.8 Å². The zero-order chi connectivity index (χ0) is 23.9. The number of aromatic nitrogens is 2. The van der Waals surface area contributed by atoms with Crippen molar-refractivity contribution in [3.8, 4) is 11.3 Å². The smallest absolute Gasteiger partial charge is 0.238 e. The lowest BCUT2D eigenvalue weighted by Crippen LogP contribution is -2.50. The molecule has 0 radical (unpaired) electrons. The minimum absolute atomic E-state index is 0.0137. The first-order valence-corrected chi connectivity index (χ1v) is 12.6. The van der Waals surface area contributed by atoms with Gasteiger partial charge in [0.15, 0.2) is 5.16 Å². The lowest BCUT2D eigenvalue weighted by atomic mass is 10.1. The standard InChI is InChI=1S/C26H31N5O2S/c1-3-20-9-7-8-12-22(20)28-24(32)18-30-13-15-31(16-14-30)25(33)19-34-26-27-17-23(29(26)2)21-10-5-4-6-11-21/h4-12,17H,3,13-16,18-19H2,1-2H3,(H,28,32). The summed E-state index contributed by atoms with van der Waals surface area (Å²) >= 11 is 1.46. The van der Waals surface area contributed by atoms with Gasteiger partial charge in [0.2, 0.25) is 11.8 Å². The van der Waals surface area contributed by atoms with Crippen LogP contribution >= 0.6 is 11.8 Å². The largest absolute Gasteiger partial charge is 0.339 e. The van der Waals surface area contributed by atoms with Gasteiger partial charge >= 0.3 is 0 Å². The molecule has 0 bridgehead atoms. The zero-order valence-electron chi connectivity index (χ0n) is 19.7. The van der Waals surface area contributed by atoms with Gasteiger partial charge in [0, 0.05) is 38.9 Å². The minimum Gasteiger partial charge on any atom is -0.339 e. The molecule has 1 fully saturated rings. The Morgan fingerprint density at radius 2 is 1.71 bits per heavy atom. The number of benzene rings is 2. The van der Waals surface area contributed by atoms with Crippen LogP contribution in [-0.2, 0) is 23.1 Å². The third kappa shape index (κ3) is 5.87. The van der Waals surface area contributed by atoms with Crippen LogP contribution in [0.15, 0.2) is 66.0 Å². The van der Waals surface area contributed by atoms with E-state index in [1.807, 2.05) is 65.2 Å². The van der Waals surface area contributed by atoms with E-state index in [0.29, 0.717) is 38.5 Å². The molecule has 4 rings (SSSR count). The van der Waals surface area contributed by atoms with E-state index in [4.69, 9.17) is 0 Å². The fourth-order valence-electron chi connectivity index (χ4n) is 4.12. The van der Waals surface area contributed by atoms with Gasteiger partial charge in [-0.05, 0) is 23.6 Å². The molecule has 8 heteroatoms. The van der Waals surface area contributed by atoms with Crippen LogP contribution in [-0.4, -0.2) is 69.6 Å². The average molecular weight is 478 g/mol. The van der Waals surface area contributed by atoms with E-state index in [2.05, 4.69) is 34.3 Å². The van der Waals surface area contributed by atoms with Crippen molar-refractivity contribution in [3.05, 3.63) is 66.4 Å². The van der Waals surface area contributed by atoms with Gasteiger partial charge in [0.1, 0.15) is 0 Å². The Balaban J connectivity index is 1.23. The molecule has 1 aliphatic rings. The first kappa shape index (κ1) is 24.0. The van der Waals surface area contributed by atoms with Gasteiger partial charge in [0.05, 0.1) is 24.2 Å². The molecule has 1 aromatic heterocycles. The van der Waals surface area contributed by atoms with E-state index < -0.39 is 0 Å². The molecule has 34 heavy (non-hydrogen) atoms. The SMILES string of the molecule is CCc1ccccc1NC(=O)CN1CCN(C(=O)CSc2ncc(-c3ccccc3)n2C)CC1. The molecule has 3 aromatic rings. The van der Waals surface area contributed by atoms with Crippen LogP contribution in [0.25, 0.3) is 11.3 Å². The molecular formula is C26H31N5O2S. The highest BCUT2D eigenvalue weighted by Crippen LogP contribution is 2.25. The highest BCUT2D eigenvalue weighted by molar-refractivity contribution is 7.99. The van der Waals surface area contributed by atoms with Crippen molar-refractivity contribution >= 4 is 29.3 Å². The van der Waals surface area contributed by atoms with Gasteiger partial charge < -0.3 is 14.8 Å². The normalized spacial score (nSPS) is 14.2. The van der Waals surface area contributed by atoms with Crippen LogP contribution < -0.4 is 5.32 Å². The molecule has 7 nitrogen and oxygen atoms in total. The fourth-order valence-corrected chi connectivity index (χ4v) is 4.97. The second kappa shape index (κ2) is 11.4. The molecule has 178 valence electrons. The molecule has 1 N–H and O–H groups in total. The summed E-state index contributed by atoms with van der Waals surface area (Å²) in [7, 11) is 1.98. The predicted octanol–water partition coefficient (Wildman–Crippen LogP) is 3.52. The van der Waals surface area contributed by atoms with Crippen molar-refractivity contribution < 1.29 is 9.59 Å². The van der Waals surface area contributed by atoms with Crippen molar-refractivity contribution in [1.82, 2.24) is 19.4 Å². The van der Waals surface area contributed by atoms with E-state index in [1.54, 1.807) is 0 Å². The van der Waals surface area contributed by atoms with E-state index in [0.717, 1.165) is 34.1 Å². The van der Waals surface area contributed by atoms with Gasteiger partial charge in [0.25, 0.3) is 0 Å². The maximum absolute atomic E-state index is 12.8. The Morgan fingerprint density at radius 1 is 1.00 bits per heavy atom. The number of carbonyl (C=O) groups excluding carboxylic acids is 2. The Kier molecular flexibility index (Phi) is 8.03. The number of carbonyl (C=O) groups is 2. The predicted molar refractivity (Wildman–Crippen MR) is 137 cm³/mol. The Labute approximate surface area is 205 Å². The van der Waals surface area contributed by atoms with Crippen molar-refractivity contribution in [2.24, 2.45) is 7.05 Å². The van der Waals surface area contributed by atoms with Crippen molar-refractivity contribution in [3.63, 3.8) is 0 Å². The van der Waals surface area contributed by atoms with Gasteiger partial charge in [-0.2, -0.15) is 0 Å². The molecule has 0 saturated carbocycles. The van der Waals surface area contributed by atoms with Gasteiger partial charge in [-0.25, -0.2) is 4.98 Å². The highest BCUT2D eigenvalue weighted by atomic mass is 32.2. The number of anilines is 1. The van der Waals surface area contributed by atoms with Crippen molar-refractivity contribution in [2.75, 3.05) is 43.8 Å². The summed E-state index contributed by atoms with van der Waals surface area (Å²) in [5.74, 6) is 0.448. The minimum atomic E-state index is -0.0137. The van der Waals surface area contributed by atoms with Gasteiger partial charge in [-0.15, -0.1) is 0 Å². The maximum atomic E-state index is 12.8. The lowest BCUT2D eigenvalue weighted by Gasteiger charge is -2.34. The molecule has 0 spiro atoms. The summed E-state index contributed by atoms with van der Waals surface area (Å²) in [6.07, 6.45) is 2.73. The number of imidazole rings is 1. The average Bonchev–Trinajstić information content (AvgIpc) is 3.24. The summed E-state index contributed by atoms with van der Waals surface area (Å²) < 4.78 is 2.03. The Bertz CT molecular complexity index is 1120. The monoisotopic (exact) mass is 477 g/mol. The molecule has 0 atom stereocenters. The second-order valence-electron chi connectivity index (χ2n) is 8.36. The van der Waals surface area contributed by atoms with E-state index in [9.17, 15) is 9.59 Å². The van der Waals surface area contributed by atoms with Crippen molar-refractivity contribution in [1.29, 1.82) is 0 Å². The van der Waals surface area contributed by atoms with Crippen LogP contribution in [0.2, 0.25) is 0 Å². The van der Waals surface area contributed by atoms with Crippen LogP contribution in [0.4, 0.5) is 5.69 Å². The molecule has 0 aliphatic carbocycles. The Morgan fingerprint density at radius 3 is 2.44 bits per heavy atom.